The summed E-state index contributed by atoms with van der Waals surface area (Å²) in [5, 5.41) is 0.416. The van der Waals surface area contributed by atoms with Crippen LogP contribution in [0.5, 0.6) is 0 Å². The van der Waals surface area contributed by atoms with Crippen molar-refractivity contribution in [1.29, 1.82) is 0 Å². The Kier molecular flexibility index (Phi) is 3.86. The fourth-order valence-electron chi connectivity index (χ4n) is 1.30. The second kappa shape index (κ2) is 4.94. The number of pyridine rings is 1. The molecule has 1 rings (SSSR count). The molecule has 0 atom stereocenters. The number of allylic oxidation sites excluding steroid dienone is 2. The highest BCUT2D eigenvalue weighted by Gasteiger charge is 2.14. The lowest BCUT2D eigenvalue weighted by molar-refractivity contribution is 0.103. The van der Waals surface area contributed by atoms with Crippen molar-refractivity contribution in [2.75, 3.05) is 5.73 Å². The summed E-state index contributed by atoms with van der Waals surface area (Å²) >= 11 is 5.76. The van der Waals surface area contributed by atoms with E-state index in [1.807, 2.05) is 13.8 Å². The molecule has 1 heterocycles. The fraction of sp³-hybridized carbons (Fsp3) is 0.273. The lowest BCUT2D eigenvalue weighted by atomic mass is 10.0. The molecule has 0 aliphatic carbocycles. The summed E-state index contributed by atoms with van der Waals surface area (Å²) < 4.78 is 0. The number of hydrogen-bond donors (Lipinski definition) is 1. The molecule has 0 fully saturated rings. The van der Waals surface area contributed by atoms with Crippen LogP contribution >= 0.6 is 11.6 Å². The molecule has 1 aromatic rings. The van der Waals surface area contributed by atoms with E-state index in [1.54, 1.807) is 12.1 Å². The molecule has 0 saturated carbocycles. The topological polar surface area (TPSA) is 56.0 Å². The number of aromatic nitrogens is 1. The summed E-state index contributed by atoms with van der Waals surface area (Å²) in [4.78, 5) is 15.8. The molecule has 1 aromatic heterocycles. The van der Waals surface area contributed by atoms with Crippen LogP contribution in [-0.2, 0) is 0 Å². The number of hydrogen-bond acceptors (Lipinski definition) is 3. The molecule has 80 valence electrons. The van der Waals surface area contributed by atoms with Crippen molar-refractivity contribution in [2.45, 2.75) is 20.3 Å². The van der Waals surface area contributed by atoms with Crippen molar-refractivity contribution in [2.24, 2.45) is 0 Å². The van der Waals surface area contributed by atoms with Gasteiger partial charge >= 0.3 is 0 Å². The Bertz CT molecular complexity index is 413. The van der Waals surface area contributed by atoms with Crippen LogP contribution in [0.4, 0.5) is 5.82 Å². The van der Waals surface area contributed by atoms with E-state index in [1.165, 1.54) is 6.20 Å². The van der Waals surface area contributed by atoms with E-state index in [2.05, 4.69) is 4.98 Å². The Balaban J connectivity index is 3.16. The Labute approximate surface area is 94.0 Å². The number of carbonyl (C=O) groups is 1. The maximum Gasteiger partial charge on any atom is 0.192 e. The minimum atomic E-state index is -0.104. The molecule has 0 spiro atoms. The standard InChI is InChI=1S/C11H13ClN2O/c1-3-7(4-2)10(15)9-5-8(12)6-14-11(9)13/h3,5-6H,4H2,1-2H3,(H2,13,14)/b7-3-. The summed E-state index contributed by atoms with van der Waals surface area (Å²) in [6.07, 6.45) is 3.87. The van der Waals surface area contributed by atoms with Crippen LogP contribution < -0.4 is 5.73 Å². The van der Waals surface area contributed by atoms with Crippen LogP contribution in [0.2, 0.25) is 5.02 Å². The van der Waals surface area contributed by atoms with E-state index >= 15 is 0 Å². The van der Waals surface area contributed by atoms with E-state index in [4.69, 9.17) is 17.3 Å². The molecule has 0 aromatic carbocycles. The van der Waals surface area contributed by atoms with E-state index < -0.39 is 0 Å². The largest absolute Gasteiger partial charge is 0.383 e. The highest BCUT2D eigenvalue weighted by Crippen LogP contribution is 2.19. The van der Waals surface area contributed by atoms with Gasteiger partial charge in [0.2, 0.25) is 0 Å². The van der Waals surface area contributed by atoms with Crippen LogP contribution in [0.25, 0.3) is 0 Å². The maximum absolute atomic E-state index is 11.9. The molecular weight excluding hydrogens is 212 g/mol. The molecular formula is C11H13ClN2O. The predicted molar refractivity (Wildman–Crippen MR) is 62.0 cm³/mol. The molecule has 0 aliphatic rings. The van der Waals surface area contributed by atoms with E-state index in [9.17, 15) is 4.79 Å². The molecule has 0 aliphatic heterocycles. The van der Waals surface area contributed by atoms with Gasteiger partial charge in [-0.2, -0.15) is 0 Å². The average molecular weight is 225 g/mol. The van der Waals surface area contributed by atoms with Gasteiger partial charge in [-0.1, -0.05) is 24.6 Å². The van der Waals surface area contributed by atoms with Gasteiger partial charge in [-0.25, -0.2) is 4.98 Å². The number of halogens is 1. The molecule has 15 heavy (non-hydrogen) atoms. The molecule has 3 nitrogen and oxygen atoms in total. The third kappa shape index (κ3) is 2.57. The number of nitrogen functional groups attached to an aromatic ring is 1. The zero-order valence-corrected chi connectivity index (χ0v) is 9.51. The second-order valence-electron chi connectivity index (χ2n) is 3.08. The van der Waals surface area contributed by atoms with Gasteiger partial charge in [0, 0.05) is 6.20 Å². The van der Waals surface area contributed by atoms with Crippen LogP contribution in [0.15, 0.2) is 23.9 Å². The summed E-state index contributed by atoms with van der Waals surface area (Å²) in [7, 11) is 0. The molecule has 2 N–H and O–H groups in total. The second-order valence-corrected chi connectivity index (χ2v) is 3.52. The summed E-state index contributed by atoms with van der Waals surface area (Å²) in [5.41, 5.74) is 6.71. The first-order valence-corrected chi connectivity index (χ1v) is 5.08. The van der Waals surface area contributed by atoms with Crippen molar-refractivity contribution in [3.8, 4) is 0 Å². The SMILES string of the molecule is C/C=C(/CC)C(=O)c1cc(Cl)cnc1N. The Morgan fingerprint density at radius 2 is 2.33 bits per heavy atom. The summed E-state index contributed by atoms with van der Waals surface area (Å²) in [5.74, 6) is 0.115. The lowest BCUT2D eigenvalue weighted by Gasteiger charge is -2.05. The molecule has 0 saturated heterocycles. The summed E-state index contributed by atoms with van der Waals surface area (Å²) in [6.45, 7) is 3.74. The van der Waals surface area contributed by atoms with Crippen molar-refractivity contribution < 1.29 is 4.79 Å². The van der Waals surface area contributed by atoms with Crippen molar-refractivity contribution >= 4 is 23.2 Å². The highest BCUT2D eigenvalue weighted by molar-refractivity contribution is 6.31. The number of Topliss-reactive ketones (excluding diaryl/α,β-unsaturated/α-hetero) is 1. The van der Waals surface area contributed by atoms with Gasteiger partial charge in [0.05, 0.1) is 10.6 Å². The third-order valence-electron chi connectivity index (χ3n) is 2.15. The van der Waals surface area contributed by atoms with Gasteiger partial charge < -0.3 is 5.73 Å². The Hall–Kier alpha value is -1.35. The zero-order chi connectivity index (χ0) is 11.4. The fourth-order valence-corrected chi connectivity index (χ4v) is 1.46. The quantitative estimate of drug-likeness (QED) is 0.635. The smallest absolute Gasteiger partial charge is 0.192 e. The van der Waals surface area contributed by atoms with Crippen molar-refractivity contribution in [3.05, 3.63) is 34.5 Å². The number of nitrogens with zero attached hydrogens (tertiary/aromatic N) is 1. The minimum Gasteiger partial charge on any atom is -0.383 e. The molecule has 0 bridgehead atoms. The number of ketones is 1. The zero-order valence-electron chi connectivity index (χ0n) is 8.75. The highest BCUT2D eigenvalue weighted by atomic mass is 35.5. The van der Waals surface area contributed by atoms with Crippen LogP contribution in [0, 0.1) is 0 Å². The van der Waals surface area contributed by atoms with Gasteiger partial charge in [-0.15, -0.1) is 0 Å². The van der Waals surface area contributed by atoms with Gasteiger partial charge in [0.15, 0.2) is 5.78 Å². The number of rotatable bonds is 3. The van der Waals surface area contributed by atoms with E-state index in [0.717, 1.165) is 0 Å². The van der Waals surface area contributed by atoms with Crippen LogP contribution in [0.1, 0.15) is 30.6 Å². The van der Waals surface area contributed by atoms with Crippen LogP contribution in [0.3, 0.4) is 0 Å². The van der Waals surface area contributed by atoms with Crippen molar-refractivity contribution in [1.82, 2.24) is 4.98 Å². The monoisotopic (exact) mass is 224 g/mol. The first-order chi connectivity index (χ1) is 7.10. The van der Waals surface area contributed by atoms with Gasteiger partial charge in [-0.3, -0.25) is 4.79 Å². The van der Waals surface area contributed by atoms with Crippen molar-refractivity contribution in [3.63, 3.8) is 0 Å². The molecule has 0 radical (unpaired) electrons. The third-order valence-corrected chi connectivity index (χ3v) is 2.36. The Morgan fingerprint density at radius 3 is 2.87 bits per heavy atom. The Morgan fingerprint density at radius 1 is 1.67 bits per heavy atom. The molecule has 0 unspecified atom stereocenters. The summed E-state index contributed by atoms with van der Waals surface area (Å²) in [6, 6.07) is 1.55. The molecule has 4 heteroatoms. The minimum absolute atomic E-state index is 0.104. The maximum atomic E-state index is 11.9. The first kappa shape index (κ1) is 11.7. The molecule has 0 amide bonds. The number of anilines is 1. The van der Waals surface area contributed by atoms with Gasteiger partial charge in [0.1, 0.15) is 5.82 Å². The number of nitrogens with two attached hydrogens (primary N) is 1. The predicted octanol–water partition coefficient (Wildman–Crippen LogP) is 2.86. The number of carbonyl (C=O) groups excluding carboxylic acids is 1. The average Bonchev–Trinajstić information content (AvgIpc) is 2.23. The first-order valence-electron chi connectivity index (χ1n) is 4.71. The lowest BCUT2D eigenvalue weighted by Crippen LogP contribution is -2.07. The van der Waals surface area contributed by atoms with E-state index in [0.29, 0.717) is 22.6 Å². The van der Waals surface area contributed by atoms with Gasteiger partial charge in [0.25, 0.3) is 0 Å². The normalized spacial score (nSPS) is 11.5. The van der Waals surface area contributed by atoms with Crippen LogP contribution in [-0.4, -0.2) is 10.8 Å². The van der Waals surface area contributed by atoms with E-state index in [-0.39, 0.29) is 11.6 Å². The van der Waals surface area contributed by atoms with Gasteiger partial charge in [-0.05, 0) is 25.0 Å².